The fourth-order valence-corrected chi connectivity index (χ4v) is 1.85. The van der Waals surface area contributed by atoms with Crippen molar-refractivity contribution in [3.63, 3.8) is 0 Å². The van der Waals surface area contributed by atoms with Gasteiger partial charge in [0.05, 0.1) is 18.3 Å². The lowest BCUT2D eigenvalue weighted by atomic mass is 10.0. The monoisotopic (exact) mass is 257 g/mol. The van der Waals surface area contributed by atoms with Crippen LogP contribution in [0.2, 0.25) is 0 Å². The van der Waals surface area contributed by atoms with Crippen LogP contribution in [-0.2, 0) is 5.54 Å². The molecule has 1 heterocycles. The van der Waals surface area contributed by atoms with Crippen molar-refractivity contribution >= 4 is 0 Å². The molecule has 4 nitrogen and oxygen atoms in total. The Labute approximate surface area is 113 Å². The highest BCUT2D eigenvalue weighted by molar-refractivity contribution is 5.67. The summed E-state index contributed by atoms with van der Waals surface area (Å²) < 4.78 is 5.37. The van der Waals surface area contributed by atoms with Crippen molar-refractivity contribution in [2.45, 2.75) is 26.3 Å². The fraction of sp³-hybridized carbons (Fsp3) is 0.333. The van der Waals surface area contributed by atoms with Crippen molar-refractivity contribution in [2.24, 2.45) is 5.73 Å². The Morgan fingerprint density at radius 2 is 1.84 bits per heavy atom. The standard InChI is InChI=1S/C15H19N3O/c1-10-9-12(18-14(17-10)15(2,3)16)11-7-5-6-8-13(11)19-4/h5-9H,16H2,1-4H3. The lowest BCUT2D eigenvalue weighted by Crippen LogP contribution is -2.31. The third-order valence-electron chi connectivity index (χ3n) is 2.81. The Balaban J connectivity index is 2.60. The van der Waals surface area contributed by atoms with Gasteiger partial charge in [-0.15, -0.1) is 0 Å². The Kier molecular flexibility index (Phi) is 3.53. The summed E-state index contributed by atoms with van der Waals surface area (Å²) >= 11 is 0. The zero-order valence-corrected chi connectivity index (χ0v) is 11.8. The number of rotatable bonds is 3. The molecule has 0 aliphatic heterocycles. The van der Waals surface area contributed by atoms with E-state index in [9.17, 15) is 0 Å². The number of aromatic nitrogens is 2. The van der Waals surface area contributed by atoms with Crippen molar-refractivity contribution in [3.8, 4) is 17.0 Å². The van der Waals surface area contributed by atoms with Crippen LogP contribution in [0.4, 0.5) is 0 Å². The van der Waals surface area contributed by atoms with Crippen LogP contribution in [0, 0.1) is 6.92 Å². The van der Waals surface area contributed by atoms with Crippen molar-refractivity contribution in [2.75, 3.05) is 7.11 Å². The summed E-state index contributed by atoms with van der Waals surface area (Å²) in [4.78, 5) is 8.98. The molecular formula is C15H19N3O. The highest BCUT2D eigenvalue weighted by Crippen LogP contribution is 2.29. The van der Waals surface area contributed by atoms with Crippen LogP contribution < -0.4 is 10.5 Å². The van der Waals surface area contributed by atoms with Gasteiger partial charge in [-0.25, -0.2) is 9.97 Å². The second-order valence-corrected chi connectivity index (χ2v) is 5.14. The highest BCUT2D eigenvalue weighted by Gasteiger charge is 2.20. The minimum absolute atomic E-state index is 0.567. The number of hydrogen-bond donors (Lipinski definition) is 1. The number of nitrogens with two attached hydrogens (primary N) is 1. The van der Waals surface area contributed by atoms with E-state index in [-0.39, 0.29) is 0 Å². The summed E-state index contributed by atoms with van der Waals surface area (Å²) in [6, 6.07) is 9.73. The normalized spacial score (nSPS) is 11.4. The molecule has 1 aromatic carbocycles. The van der Waals surface area contributed by atoms with Crippen molar-refractivity contribution in [1.82, 2.24) is 9.97 Å². The minimum atomic E-state index is -0.567. The molecule has 0 amide bonds. The van der Waals surface area contributed by atoms with E-state index in [2.05, 4.69) is 9.97 Å². The Hall–Kier alpha value is -1.94. The van der Waals surface area contributed by atoms with Gasteiger partial charge in [0.25, 0.3) is 0 Å². The Morgan fingerprint density at radius 1 is 1.16 bits per heavy atom. The number of aryl methyl sites for hydroxylation is 1. The van der Waals surface area contributed by atoms with E-state index in [4.69, 9.17) is 10.5 Å². The van der Waals surface area contributed by atoms with Gasteiger partial charge >= 0.3 is 0 Å². The Morgan fingerprint density at radius 3 is 2.47 bits per heavy atom. The van der Waals surface area contributed by atoms with Crippen LogP contribution in [0.15, 0.2) is 30.3 Å². The maximum atomic E-state index is 6.09. The molecular weight excluding hydrogens is 238 g/mol. The molecule has 19 heavy (non-hydrogen) atoms. The average Bonchev–Trinajstić information content (AvgIpc) is 2.37. The zero-order valence-electron chi connectivity index (χ0n) is 11.8. The van der Waals surface area contributed by atoms with Gasteiger partial charge in [0.15, 0.2) is 0 Å². The van der Waals surface area contributed by atoms with Gasteiger partial charge in [-0.2, -0.15) is 0 Å². The second-order valence-electron chi connectivity index (χ2n) is 5.14. The number of para-hydroxylation sites is 1. The van der Waals surface area contributed by atoms with Gasteiger partial charge in [-0.3, -0.25) is 0 Å². The first-order valence-electron chi connectivity index (χ1n) is 6.20. The molecule has 0 aliphatic rings. The van der Waals surface area contributed by atoms with E-state index in [1.54, 1.807) is 7.11 Å². The number of benzene rings is 1. The van der Waals surface area contributed by atoms with Crippen LogP contribution in [0.1, 0.15) is 25.4 Å². The average molecular weight is 257 g/mol. The summed E-state index contributed by atoms with van der Waals surface area (Å²) in [6.45, 7) is 5.73. The number of methoxy groups -OCH3 is 1. The van der Waals surface area contributed by atoms with E-state index in [0.717, 1.165) is 22.7 Å². The predicted octanol–water partition coefficient (Wildman–Crippen LogP) is 2.65. The van der Waals surface area contributed by atoms with Gasteiger partial charge in [-0.1, -0.05) is 12.1 Å². The van der Waals surface area contributed by atoms with Crippen LogP contribution in [0.5, 0.6) is 5.75 Å². The van der Waals surface area contributed by atoms with Crippen molar-refractivity contribution < 1.29 is 4.74 Å². The first-order valence-corrected chi connectivity index (χ1v) is 6.20. The van der Waals surface area contributed by atoms with Crippen LogP contribution in [-0.4, -0.2) is 17.1 Å². The fourth-order valence-electron chi connectivity index (χ4n) is 1.85. The van der Waals surface area contributed by atoms with E-state index >= 15 is 0 Å². The molecule has 0 fully saturated rings. The van der Waals surface area contributed by atoms with Crippen LogP contribution in [0.3, 0.4) is 0 Å². The summed E-state index contributed by atoms with van der Waals surface area (Å²) in [5.41, 5.74) is 8.19. The maximum Gasteiger partial charge on any atom is 0.148 e. The quantitative estimate of drug-likeness (QED) is 0.918. The van der Waals surface area contributed by atoms with Crippen molar-refractivity contribution in [3.05, 3.63) is 41.9 Å². The molecule has 2 rings (SSSR count). The molecule has 100 valence electrons. The molecule has 2 N–H and O–H groups in total. The van der Waals surface area contributed by atoms with E-state index in [1.165, 1.54) is 0 Å². The summed E-state index contributed by atoms with van der Waals surface area (Å²) in [7, 11) is 1.65. The largest absolute Gasteiger partial charge is 0.496 e. The number of ether oxygens (including phenoxy) is 1. The lowest BCUT2D eigenvalue weighted by molar-refractivity contribution is 0.416. The van der Waals surface area contributed by atoms with E-state index in [0.29, 0.717) is 5.82 Å². The topological polar surface area (TPSA) is 61.0 Å². The maximum absolute atomic E-state index is 6.09. The van der Waals surface area contributed by atoms with Gasteiger partial charge in [0, 0.05) is 11.3 Å². The minimum Gasteiger partial charge on any atom is -0.496 e. The van der Waals surface area contributed by atoms with Crippen molar-refractivity contribution in [1.29, 1.82) is 0 Å². The molecule has 0 aliphatic carbocycles. The van der Waals surface area contributed by atoms with Gasteiger partial charge in [0.2, 0.25) is 0 Å². The third kappa shape index (κ3) is 2.90. The van der Waals surface area contributed by atoms with Gasteiger partial charge in [-0.05, 0) is 39.0 Å². The lowest BCUT2D eigenvalue weighted by Gasteiger charge is -2.18. The molecule has 0 unspecified atom stereocenters. The summed E-state index contributed by atoms with van der Waals surface area (Å²) in [5, 5.41) is 0. The summed E-state index contributed by atoms with van der Waals surface area (Å²) in [5.74, 6) is 1.43. The second kappa shape index (κ2) is 4.97. The zero-order chi connectivity index (χ0) is 14.0. The molecule has 0 saturated heterocycles. The molecule has 4 heteroatoms. The van der Waals surface area contributed by atoms with Gasteiger partial charge < -0.3 is 10.5 Å². The molecule has 0 radical (unpaired) electrons. The molecule has 0 saturated carbocycles. The molecule has 1 aromatic heterocycles. The van der Waals surface area contributed by atoms with E-state index in [1.807, 2.05) is 51.1 Å². The first kappa shape index (κ1) is 13.5. The van der Waals surface area contributed by atoms with Crippen LogP contribution in [0.25, 0.3) is 11.3 Å². The molecule has 0 atom stereocenters. The molecule has 0 spiro atoms. The Bertz CT molecular complexity index is 588. The van der Waals surface area contributed by atoms with E-state index < -0.39 is 5.54 Å². The number of hydrogen-bond acceptors (Lipinski definition) is 4. The highest BCUT2D eigenvalue weighted by atomic mass is 16.5. The van der Waals surface area contributed by atoms with Crippen LogP contribution >= 0.6 is 0 Å². The number of nitrogens with zero attached hydrogens (tertiary/aromatic N) is 2. The smallest absolute Gasteiger partial charge is 0.148 e. The predicted molar refractivity (Wildman–Crippen MR) is 76.0 cm³/mol. The first-order chi connectivity index (χ1) is 8.91. The van der Waals surface area contributed by atoms with Gasteiger partial charge in [0.1, 0.15) is 11.6 Å². The summed E-state index contributed by atoms with van der Waals surface area (Å²) in [6.07, 6.45) is 0. The SMILES string of the molecule is COc1ccccc1-c1cc(C)nc(C(C)(C)N)n1. The molecule has 2 aromatic rings. The third-order valence-corrected chi connectivity index (χ3v) is 2.81. The molecule has 0 bridgehead atoms.